The summed E-state index contributed by atoms with van der Waals surface area (Å²) >= 11 is 1.38. The minimum absolute atomic E-state index is 0.126. The van der Waals surface area contributed by atoms with Gasteiger partial charge in [-0.2, -0.15) is 0 Å². The molecule has 1 N–H and O–H groups in total. The standard InChI is InChI=1S/C24H28N4O4S/c1-16(2)11-12-28-22(14-30-19-7-5-4-6-8-19)26-27-24(28)33-17(3)23(29)25-18-9-10-20-21(13-18)32-15-31-20/h4-10,13,16-17H,11-12,14-15H2,1-3H3,(H,25,29). The van der Waals surface area contributed by atoms with Crippen LogP contribution in [0.4, 0.5) is 5.69 Å². The van der Waals surface area contributed by atoms with Crippen molar-refractivity contribution in [1.82, 2.24) is 14.8 Å². The van der Waals surface area contributed by atoms with Crippen LogP contribution in [0.5, 0.6) is 17.2 Å². The average Bonchev–Trinajstić information content (AvgIpc) is 3.43. The molecule has 1 aromatic heterocycles. The first kappa shape index (κ1) is 23.0. The normalized spacial score (nSPS) is 13.2. The predicted molar refractivity (Wildman–Crippen MR) is 127 cm³/mol. The Morgan fingerprint density at radius 1 is 1.12 bits per heavy atom. The third kappa shape index (κ3) is 5.98. The number of nitrogens with zero attached hydrogens (tertiary/aromatic N) is 3. The molecule has 0 fully saturated rings. The highest BCUT2D eigenvalue weighted by Crippen LogP contribution is 2.34. The van der Waals surface area contributed by atoms with Gasteiger partial charge in [0.1, 0.15) is 12.4 Å². The second kappa shape index (κ2) is 10.6. The molecule has 1 aliphatic heterocycles. The van der Waals surface area contributed by atoms with Gasteiger partial charge in [0.05, 0.1) is 5.25 Å². The van der Waals surface area contributed by atoms with Gasteiger partial charge in [-0.3, -0.25) is 4.79 Å². The number of hydrogen-bond acceptors (Lipinski definition) is 7. The minimum Gasteiger partial charge on any atom is -0.486 e. The van der Waals surface area contributed by atoms with E-state index < -0.39 is 0 Å². The monoisotopic (exact) mass is 468 g/mol. The molecule has 9 heteroatoms. The van der Waals surface area contributed by atoms with Gasteiger partial charge < -0.3 is 24.1 Å². The topological polar surface area (TPSA) is 87.5 Å². The van der Waals surface area contributed by atoms with E-state index >= 15 is 0 Å². The summed E-state index contributed by atoms with van der Waals surface area (Å²) in [7, 11) is 0. The van der Waals surface area contributed by atoms with E-state index in [0.29, 0.717) is 34.9 Å². The molecule has 3 aromatic rings. The molecule has 0 spiro atoms. The zero-order valence-corrected chi connectivity index (χ0v) is 19.8. The number of nitrogens with one attached hydrogen (secondary N) is 1. The van der Waals surface area contributed by atoms with E-state index in [0.717, 1.165) is 24.5 Å². The lowest BCUT2D eigenvalue weighted by Gasteiger charge is -2.15. The van der Waals surface area contributed by atoms with Gasteiger partial charge >= 0.3 is 0 Å². The SMILES string of the molecule is CC(C)CCn1c(COc2ccccc2)nnc1SC(C)C(=O)Nc1ccc2c(c1)OCO2. The summed E-state index contributed by atoms with van der Waals surface area (Å²) in [5, 5.41) is 12.0. The van der Waals surface area contributed by atoms with E-state index in [-0.39, 0.29) is 18.0 Å². The van der Waals surface area contributed by atoms with Crippen LogP contribution in [0.25, 0.3) is 0 Å². The summed E-state index contributed by atoms with van der Waals surface area (Å²) in [6, 6.07) is 15.0. The maximum absolute atomic E-state index is 12.8. The van der Waals surface area contributed by atoms with Crippen LogP contribution in [0, 0.1) is 5.92 Å². The van der Waals surface area contributed by atoms with Crippen LogP contribution in [0.3, 0.4) is 0 Å². The van der Waals surface area contributed by atoms with Crippen LogP contribution >= 0.6 is 11.8 Å². The molecular weight excluding hydrogens is 440 g/mol. The molecule has 4 rings (SSSR count). The van der Waals surface area contributed by atoms with E-state index in [2.05, 4.69) is 33.9 Å². The summed E-state index contributed by atoms with van der Waals surface area (Å²) in [5.74, 6) is 3.23. The Morgan fingerprint density at radius 3 is 2.70 bits per heavy atom. The number of rotatable bonds is 10. The Morgan fingerprint density at radius 2 is 1.91 bits per heavy atom. The molecule has 0 saturated heterocycles. The number of amides is 1. The number of carbonyl (C=O) groups is 1. The first-order valence-corrected chi connectivity index (χ1v) is 11.8. The van der Waals surface area contributed by atoms with E-state index in [1.807, 2.05) is 37.3 Å². The second-order valence-electron chi connectivity index (χ2n) is 8.15. The van der Waals surface area contributed by atoms with Gasteiger partial charge in [0.25, 0.3) is 0 Å². The van der Waals surface area contributed by atoms with Crippen molar-refractivity contribution in [3.05, 3.63) is 54.4 Å². The van der Waals surface area contributed by atoms with Gasteiger partial charge in [0.15, 0.2) is 22.5 Å². The number of hydrogen-bond donors (Lipinski definition) is 1. The molecule has 2 aromatic carbocycles. The fourth-order valence-electron chi connectivity index (χ4n) is 3.22. The molecule has 1 atom stereocenters. The third-order valence-corrected chi connectivity index (χ3v) is 6.21. The average molecular weight is 469 g/mol. The first-order chi connectivity index (χ1) is 16.0. The minimum atomic E-state index is -0.375. The van der Waals surface area contributed by atoms with Crippen molar-refractivity contribution >= 4 is 23.4 Å². The quantitative estimate of drug-likeness (QED) is 0.430. The lowest BCUT2D eigenvalue weighted by molar-refractivity contribution is -0.115. The number of benzene rings is 2. The molecule has 2 heterocycles. The van der Waals surface area contributed by atoms with Crippen molar-refractivity contribution < 1.29 is 19.0 Å². The highest BCUT2D eigenvalue weighted by molar-refractivity contribution is 8.00. The molecule has 8 nitrogen and oxygen atoms in total. The Hall–Kier alpha value is -3.20. The van der Waals surface area contributed by atoms with Gasteiger partial charge in [0, 0.05) is 18.3 Å². The van der Waals surface area contributed by atoms with Gasteiger partial charge in [-0.1, -0.05) is 43.8 Å². The van der Waals surface area contributed by atoms with Crippen LogP contribution < -0.4 is 19.5 Å². The van der Waals surface area contributed by atoms with E-state index in [9.17, 15) is 4.79 Å². The maximum atomic E-state index is 12.8. The number of anilines is 1. The molecule has 1 aliphatic rings. The first-order valence-electron chi connectivity index (χ1n) is 11.0. The molecular formula is C24H28N4O4S. The number of ether oxygens (including phenoxy) is 3. The Kier molecular flexibility index (Phi) is 7.39. The van der Waals surface area contributed by atoms with Crippen molar-refractivity contribution in [2.45, 2.75) is 50.8 Å². The number of fused-ring (bicyclic) bond motifs is 1. The van der Waals surface area contributed by atoms with Gasteiger partial charge in [-0.15, -0.1) is 10.2 Å². The number of carbonyl (C=O) groups excluding carboxylic acids is 1. The molecule has 174 valence electrons. The Bertz CT molecular complexity index is 1090. The second-order valence-corrected chi connectivity index (χ2v) is 9.46. The number of para-hydroxylation sites is 1. The van der Waals surface area contributed by atoms with Gasteiger partial charge in [-0.05, 0) is 43.5 Å². The van der Waals surface area contributed by atoms with Crippen molar-refractivity contribution in [2.75, 3.05) is 12.1 Å². The number of thioether (sulfide) groups is 1. The highest BCUT2D eigenvalue weighted by atomic mass is 32.2. The zero-order chi connectivity index (χ0) is 23.2. The molecule has 0 saturated carbocycles. The zero-order valence-electron chi connectivity index (χ0n) is 19.0. The summed E-state index contributed by atoms with van der Waals surface area (Å²) in [6.45, 7) is 7.48. The smallest absolute Gasteiger partial charge is 0.237 e. The highest BCUT2D eigenvalue weighted by Gasteiger charge is 2.22. The lowest BCUT2D eigenvalue weighted by atomic mass is 10.1. The van der Waals surface area contributed by atoms with Crippen molar-refractivity contribution in [2.24, 2.45) is 5.92 Å². The molecule has 0 radical (unpaired) electrons. The predicted octanol–water partition coefficient (Wildman–Crippen LogP) is 4.75. The van der Waals surface area contributed by atoms with E-state index in [1.165, 1.54) is 11.8 Å². The van der Waals surface area contributed by atoms with Crippen LogP contribution in [0.15, 0.2) is 53.7 Å². The molecule has 1 amide bonds. The summed E-state index contributed by atoms with van der Waals surface area (Å²) in [5.41, 5.74) is 0.662. The summed E-state index contributed by atoms with van der Waals surface area (Å²) < 4.78 is 18.6. The van der Waals surface area contributed by atoms with Gasteiger partial charge in [-0.25, -0.2) is 0 Å². The lowest BCUT2D eigenvalue weighted by Crippen LogP contribution is -2.23. The van der Waals surface area contributed by atoms with Crippen LogP contribution in [0.1, 0.15) is 33.0 Å². The van der Waals surface area contributed by atoms with Crippen LogP contribution in [-0.2, 0) is 17.9 Å². The van der Waals surface area contributed by atoms with Crippen molar-refractivity contribution in [3.63, 3.8) is 0 Å². The fraction of sp³-hybridized carbons (Fsp3) is 0.375. The van der Waals surface area contributed by atoms with E-state index in [1.54, 1.807) is 18.2 Å². The van der Waals surface area contributed by atoms with E-state index in [4.69, 9.17) is 14.2 Å². The maximum Gasteiger partial charge on any atom is 0.237 e. The Balaban J connectivity index is 1.42. The summed E-state index contributed by atoms with van der Waals surface area (Å²) in [6.07, 6.45) is 0.974. The molecule has 1 unspecified atom stereocenters. The van der Waals surface area contributed by atoms with Crippen LogP contribution in [0.2, 0.25) is 0 Å². The van der Waals surface area contributed by atoms with Crippen molar-refractivity contribution in [3.8, 4) is 17.2 Å². The molecule has 33 heavy (non-hydrogen) atoms. The molecule has 0 bridgehead atoms. The number of aromatic nitrogens is 3. The third-order valence-electron chi connectivity index (χ3n) is 5.13. The fourth-order valence-corrected chi connectivity index (χ4v) is 4.11. The molecule has 0 aliphatic carbocycles. The van der Waals surface area contributed by atoms with Gasteiger partial charge in [0.2, 0.25) is 12.7 Å². The van der Waals surface area contributed by atoms with Crippen molar-refractivity contribution in [1.29, 1.82) is 0 Å². The largest absolute Gasteiger partial charge is 0.486 e. The summed E-state index contributed by atoms with van der Waals surface area (Å²) in [4.78, 5) is 12.8. The van der Waals surface area contributed by atoms with Crippen LogP contribution in [-0.4, -0.2) is 32.7 Å². The Labute approximate surface area is 197 Å².